The Kier molecular flexibility index (Phi) is 5.23. The zero-order valence-electron chi connectivity index (χ0n) is 13.0. The van der Waals surface area contributed by atoms with Crippen molar-refractivity contribution in [2.75, 3.05) is 19.8 Å². The Hall–Kier alpha value is -1.55. The first-order valence-corrected chi connectivity index (χ1v) is 7.77. The van der Waals surface area contributed by atoms with E-state index in [2.05, 4.69) is 12.1 Å². The van der Waals surface area contributed by atoms with Crippen molar-refractivity contribution in [3.05, 3.63) is 29.3 Å². The van der Waals surface area contributed by atoms with E-state index in [9.17, 15) is 4.79 Å². The van der Waals surface area contributed by atoms with E-state index in [4.69, 9.17) is 15.2 Å². The minimum Gasteiger partial charge on any atom is -0.493 e. The largest absolute Gasteiger partial charge is 0.493 e. The zero-order valence-corrected chi connectivity index (χ0v) is 13.0. The smallest absolute Gasteiger partial charge is 0.313 e. The maximum absolute atomic E-state index is 12.2. The first-order chi connectivity index (χ1) is 10.1. The molecular weight excluding hydrogens is 266 g/mol. The van der Waals surface area contributed by atoms with E-state index in [0.717, 1.165) is 31.6 Å². The van der Waals surface area contributed by atoms with Crippen molar-refractivity contribution in [2.24, 2.45) is 11.1 Å². The summed E-state index contributed by atoms with van der Waals surface area (Å²) >= 11 is 0. The number of benzene rings is 1. The molecule has 4 nitrogen and oxygen atoms in total. The highest BCUT2D eigenvalue weighted by molar-refractivity contribution is 5.77. The van der Waals surface area contributed by atoms with Gasteiger partial charge in [-0.25, -0.2) is 0 Å². The average Bonchev–Trinajstić information content (AvgIpc) is 2.96. The third kappa shape index (κ3) is 3.38. The van der Waals surface area contributed by atoms with E-state index in [1.807, 2.05) is 19.9 Å². The molecule has 4 heteroatoms. The molecule has 0 aromatic heterocycles. The van der Waals surface area contributed by atoms with Crippen molar-refractivity contribution in [3.63, 3.8) is 0 Å². The van der Waals surface area contributed by atoms with E-state index in [1.165, 1.54) is 11.1 Å². The molecule has 0 fully saturated rings. The monoisotopic (exact) mass is 291 g/mol. The van der Waals surface area contributed by atoms with E-state index in [0.29, 0.717) is 19.6 Å². The van der Waals surface area contributed by atoms with Crippen LogP contribution in [0.5, 0.6) is 5.75 Å². The van der Waals surface area contributed by atoms with Gasteiger partial charge in [0.05, 0.1) is 18.6 Å². The van der Waals surface area contributed by atoms with E-state index < -0.39 is 5.41 Å². The van der Waals surface area contributed by atoms with Crippen molar-refractivity contribution in [2.45, 2.75) is 39.5 Å². The number of nitrogens with two attached hydrogens (primary N) is 1. The minimum atomic E-state index is -0.564. The van der Waals surface area contributed by atoms with Crippen molar-refractivity contribution in [3.8, 4) is 5.75 Å². The van der Waals surface area contributed by atoms with E-state index in [-0.39, 0.29) is 5.97 Å². The summed E-state index contributed by atoms with van der Waals surface area (Å²) in [5, 5.41) is 0. The highest BCUT2D eigenvalue weighted by Crippen LogP contribution is 2.31. The average molecular weight is 291 g/mol. The van der Waals surface area contributed by atoms with Crippen LogP contribution >= 0.6 is 0 Å². The van der Waals surface area contributed by atoms with Gasteiger partial charge in [0, 0.05) is 13.0 Å². The topological polar surface area (TPSA) is 61.5 Å². The van der Waals surface area contributed by atoms with Crippen LogP contribution in [0.1, 0.15) is 37.8 Å². The summed E-state index contributed by atoms with van der Waals surface area (Å²) in [6, 6.07) is 6.29. The van der Waals surface area contributed by atoms with Crippen LogP contribution in [0, 0.1) is 5.41 Å². The number of hydrogen-bond donors (Lipinski definition) is 1. The number of carbonyl (C=O) groups excluding carboxylic acids is 1. The number of fused-ring (bicyclic) bond motifs is 1. The highest BCUT2D eigenvalue weighted by Gasteiger charge is 2.36. The van der Waals surface area contributed by atoms with Gasteiger partial charge in [0.2, 0.25) is 0 Å². The summed E-state index contributed by atoms with van der Waals surface area (Å²) in [4.78, 5) is 12.2. The van der Waals surface area contributed by atoms with Crippen molar-refractivity contribution >= 4 is 5.97 Å². The SMILES string of the molecule is CCOC(=O)C(CC)(CN)CCc1ccc2c(c1)CCO2. The molecule has 0 saturated carbocycles. The van der Waals surface area contributed by atoms with Gasteiger partial charge >= 0.3 is 5.97 Å². The standard InChI is InChI=1S/C17H25NO3/c1-3-17(12-18,16(19)20-4-2)9-7-13-5-6-15-14(11-13)8-10-21-15/h5-6,11H,3-4,7-10,12,18H2,1-2H3. The van der Waals surface area contributed by atoms with Crippen LogP contribution in [0.3, 0.4) is 0 Å². The second-order valence-electron chi connectivity index (χ2n) is 5.60. The van der Waals surface area contributed by atoms with Crippen LogP contribution < -0.4 is 10.5 Å². The summed E-state index contributed by atoms with van der Waals surface area (Å²) in [7, 11) is 0. The quantitative estimate of drug-likeness (QED) is 0.784. The summed E-state index contributed by atoms with van der Waals surface area (Å²) < 4.78 is 10.7. The molecule has 2 rings (SSSR count). The molecule has 1 unspecified atom stereocenters. The Bertz CT molecular complexity index is 495. The van der Waals surface area contributed by atoms with Gasteiger partial charge in [-0.1, -0.05) is 19.1 Å². The molecule has 0 spiro atoms. The summed E-state index contributed by atoms with van der Waals surface area (Å²) in [6.07, 6.45) is 3.23. The second kappa shape index (κ2) is 6.94. The Morgan fingerprint density at radius 3 is 2.90 bits per heavy atom. The summed E-state index contributed by atoms with van der Waals surface area (Å²) in [5.74, 6) is 0.823. The normalized spacial score (nSPS) is 16.0. The molecule has 1 aliphatic rings. The van der Waals surface area contributed by atoms with E-state index in [1.54, 1.807) is 0 Å². The Labute approximate surface area is 126 Å². The molecule has 1 heterocycles. The van der Waals surface area contributed by atoms with Gasteiger partial charge in [0.1, 0.15) is 5.75 Å². The number of aryl methyl sites for hydroxylation is 1. The fourth-order valence-electron chi connectivity index (χ4n) is 2.82. The molecule has 1 atom stereocenters. The maximum Gasteiger partial charge on any atom is 0.313 e. The Morgan fingerprint density at radius 2 is 2.24 bits per heavy atom. The highest BCUT2D eigenvalue weighted by atomic mass is 16.5. The molecule has 0 saturated heterocycles. The number of rotatable bonds is 7. The lowest BCUT2D eigenvalue weighted by atomic mass is 9.79. The molecule has 0 radical (unpaired) electrons. The maximum atomic E-state index is 12.2. The molecule has 116 valence electrons. The third-order valence-corrected chi connectivity index (χ3v) is 4.42. The predicted octanol–water partition coefficient (Wildman–Crippen LogP) is 2.47. The fourth-order valence-corrected chi connectivity index (χ4v) is 2.82. The lowest BCUT2D eigenvalue weighted by molar-refractivity contribution is -0.155. The second-order valence-corrected chi connectivity index (χ2v) is 5.60. The fraction of sp³-hybridized carbons (Fsp3) is 0.588. The van der Waals surface area contributed by atoms with Crippen LogP contribution in [0.2, 0.25) is 0 Å². The molecule has 1 aromatic carbocycles. The molecule has 0 aliphatic carbocycles. The molecule has 0 amide bonds. The van der Waals surface area contributed by atoms with Crippen LogP contribution in [-0.4, -0.2) is 25.7 Å². The van der Waals surface area contributed by atoms with E-state index >= 15 is 0 Å². The number of carbonyl (C=O) groups is 1. The number of hydrogen-bond acceptors (Lipinski definition) is 4. The van der Waals surface area contributed by atoms with Crippen molar-refractivity contribution in [1.29, 1.82) is 0 Å². The minimum absolute atomic E-state index is 0.167. The molecule has 1 aliphatic heterocycles. The summed E-state index contributed by atoms with van der Waals surface area (Å²) in [6.45, 7) is 5.33. The number of ether oxygens (including phenoxy) is 2. The van der Waals surface area contributed by atoms with Gasteiger partial charge in [0.25, 0.3) is 0 Å². The Balaban J connectivity index is 2.06. The first-order valence-electron chi connectivity index (χ1n) is 7.77. The molecule has 0 bridgehead atoms. The van der Waals surface area contributed by atoms with Crippen LogP contribution in [0.15, 0.2) is 18.2 Å². The van der Waals surface area contributed by atoms with Crippen molar-refractivity contribution in [1.82, 2.24) is 0 Å². The van der Waals surface area contributed by atoms with Gasteiger partial charge in [-0.05, 0) is 43.4 Å². The molecular formula is C17H25NO3. The first kappa shape index (κ1) is 15.8. The molecule has 1 aromatic rings. The van der Waals surface area contributed by atoms with Crippen LogP contribution in [0.25, 0.3) is 0 Å². The zero-order chi connectivity index (χ0) is 15.3. The van der Waals surface area contributed by atoms with Crippen molar-refractivity contribution < 1.29 is 14.3 Å². The lowest BCUT2D eigenvalue weighted by Gasteiger charge is -2.28. The van der Waals surface area contributed by atoms with Crippen LogP contribution in [0.4, 0.5) is 0 Å². The van der Waals surface area contributed by atoms with Gasteiger partial charge < -0.3 is 15.2 Å². The third-order valence-electron chi connectivity index (χ3n) is 4.42. The number of esters is 1. The molecule has 2 N–H and O–H groups in total. The van der Waals surface area contributed by atoms with Gasteiger partial charge in [-0.2, -0.15) is 0 Å². The lowest BCUT2D eigenvalue weighted by Crippen LogP contribution is -2.40. The van der Waals surface area contributed by atoms with Crippen LogP contribution in [-0.2, 0) is 22.4 Å². The van der Waals surface area contributed by atoms with Gasteiger partial charge in [-0.15, -0.1) is 0 Å². The Morgan fingerprint density at radius 1 is 1.43 bits per heavy atom. The van der Waals surface area contributed by atoms with Gasteiger partial charge in [-0.3, -0.25) is 4.79 Å². The van der Waals surface area contributed by atoms with Gasteiger partial charge in [0.15, 0.2) is 0 Å². The predicted molar refractivity (Wildman–Crippen MR) is 82.4 cm³/mol. The molecule has 21 heavy (non-hydrogen) atoms. The summed E-state index contributed by atoms with van der Waals surface area (Å²) in [5.41, 5.74) is 7.81.